The van der Waals surface area contributed by atoms with Gasteiger partial charge in [0.2, 0.25) is 0 Å². The number of hydrogen-bond acceptors (Lipinski definition) is 3. The van der Waals surface area contributed by atoms with Gasteiger partial charge in [0.1, 0.15) is 0 Å². The first-order valence-corrected chi connectivity index (χ1v) is 8.22. The van der Waals surface area contributed by atoms with Gasteiger partial charge >= 0.3 is 0 Å². The summed E-state index contributed by atoms with van der Waals surface area (Å²) in [5, 5.41) is 6.48. The topological polar surface area (TPSA) is 24.1 Å². The van der Waals surface area contributed by atoms with Crippen LogP contribution < -0.4 is 10.6 Å². The van der Waals surface area contributed by atoms with Crippen molar-refractivity contribution < 1.29 is 0 Å². The van der Waals surface area contributed by atoms with Crippen LogP contribution in [0, 0.1) is 0 Å². The van der Waals surface area contributed by atoms with Crippen molar-refractivity contribution in [2.75, 3.05) is 29.2 Å². The van der Waals surface area contributed by atoms with Crippen LogP contribution in [0.25, 0.3) is 0 Å². The number of rotatable bonds is 10. The van der Waals surface area contributed by atoms with Gasteiger partial charge in [-0.1, -0.05) is 19.9 Å². The lowest BCUT2D eigenvalue weighted by molar-refractivity contribution is 0.888. The fourth-order valence-corrected chi connectivity index (χ4v) is 2.77. The average molecular weight is 278 g/mol. The van der Waals surface area contributed by atoms with Gasteiger partial charge in [-0.3, -0.25) is 0 Å². The average Bonchev–Trinajstić information content (AvgIpc) is 2.43. The molecule has 0 heterocycles. The van der Waals surface area contributed by atoms with Crippen LogP contribution in [0.4, 0.5) is 11.4 Å². The molecule has 19 heavy (non-hydrogen) atoms. The molecule has 0 aliphatic carbocycles. The van der Waals surface area contributed by atoms with E-state index >= 15 is 0 Å². The van der Waals surface area contributed by atoms with Crippen molar-refractivity contribution in [3.8, 4) is 0 Å². The van der Waals surface area contributed by atoms with Crippen LogP contribution in [0.15, 0.2) is 36.5 Å². The lowest BCUT2D eigenvalue weighted by atomic mass is 10.2. The highest BCUT2D eigenvalue weighted by atomic mass is 32.2. The van der Waals surface area contributed by atoms with Crippen molar-refractivity contribution in [2.45, 2.75) is 32.6 Å². The van der Waals surface area contributed by atoms with Gasteiger partial charge in [-0.15, -0.1) is 0 Å². The third kappa shape index (κ3) is 7.16. The molecule has 2 nitrogen and oxygen atoms in total. The van der Waals surface area contributed by atoms with E-state index in [1.165, 1.54) is 30.8 Å². The van der Waals surface area contributed by atoms with Gasteiger partial charge in [0.05, 0.1) is 0 Å². The summed E-state index contributed by atoms with van der Waals surface area (Å²) in [5.74, 6) is 2.53. The Balaban J connectivity index is 2.16. The fourth-order valence-electron chi connectivity index (χ4n) is 1.72. The first-order chi connectivity index (χ1) is 9.26. The van der Waals surface area contributed by atoms with Gasteiger partial charge < -0.3 is 10.6 Å². The summed E-state index contributed by atoms with van der Waals surface area (Å²) in [6, 6.07) is 8.28. The molecule has 0 spiro atoms. The van der Waals surface area contributed by atoms with Crippen LogP contribution in [-0.2, 0) is 0 Å². The SMILES string of the molecule is C=C(CCCSCCCC)Nc1ccc(NC)cc1. The van der Waals surface area contributed by atoms with Gasteiger partial charge in [0, 0.05) is 24.1 Å². The summed E-state index contributed by atoms with van der Waals surface area (Å²) >= 11 is 2.05. The normalized spacial score (nSPS) is 10.2. The molecule has 1 aromatic carbocycles. The molecule has 106 valence electrons. The third-order valence-electron chi connectivity index (χ3n) is 2.90. The Labute approximate surface area is 122 Å². The maximum absolute atomic E-state index is 4.09. The smallest absolute Gasteiger partial charge is 0.0383 e. The largest absolute Gasteiger partial charge is 0.388 e. The highest BCUT2D eigenvalue weighted by molar-refractivity contribution is 7.99. The van der Waals surface area contributed by atoms with Crippen LogP contribution in [0.2, 0.25) is 0 Å². The molecule has 1 rings (SSSR count). The lowest BCUT2D eigenvalue weighted by Crippen LogP contribution is -1.99. The van der Waals surface area contributed by atoms with E-state index < -0.39 is 0 Å². The van der Waals surface area contributed by atoms with E-state index in [1.807, 2.05) is 7.05 Å². The molecule has 0 radical (unpaired) electrons. The van der Waals surface area contributed by atoms with Crippen LogP contribution in [-0.4, -0.2) is 18.6 Å². The Morgan fingerprint density at radius 3 is 2.37 bits per heavy atom. The molecule has 0 saturated carbocycles. The van der Waals surface area contributed by atoms with E-state index in [9.17, 15) is 0 Å². The molecule has 0 amide bonds. The second kappa shape index (κ2) is 9.79. The monoisotopic (exact) mass is 278 g/mol. The first kappa shape index (κ1) is 16.0. The van der Waals surface area contributed by atoms with Gasteiger partial charge in [-0.25, -0.2) is 0 Å². The fraction of sp³-hybridized carbons (Fsp3) is 0.500. The minimum Gasteiger partial charge on any atom is -0.388 e. The Bertz CT molecular complexity index is 360. The van der Waals surface area contributed by atoms with Crippen molar-refractivity contribution in [2.24, 2.45) is 0 Å². The second-order valence-electron chi connectivity index (χ2n) is 4.63. The molecule has 0 fully saturated rings. The highest BCUT2D eigenvalue weighted by Gasteiger charge is 1.97. The van der Waals surface area contributed by atoms with E-state index in [-0.39, 0.29) is 0 Å². The summed E-state index contributed by atoms with van der Waals surface area (Å²) in [7, 11) is 1.93. The van der Waals surface area contributed by atoms with Gasteiger partial charge in [-0.05, 0) is 55.0 Å². The highest BCUT2D eigenvalue weighted by Crippen LogP contribution is 2.17. The Hall–Kier alpha value is -1.09. The molecule has 3 heteroatoms. The van der Waals surface area contributed by atoms with Crippen molar-refractivity contribution in [1.29, 1.82) is 0 Å². The molecule has 1 aromatic rings. The number of allylic oxidation sites excluding steroid dienone is 1. The van der Waals surface area contributed by atoms with Gasteiger partial charge in [0.15, 0.2) is 0 Å². The van der Waals surface area contributed by atoms with Gasteiger partial charge in [-0.2, -0.15) is 11.8 Å². The van der Waals surface area contributed by atoms with E-state index in [0.717, 1.165) is 23.5 Å². The number of anilines is 2. The van der Waals surface area contributed by atoms with Crippen molar-refractivity contribution in [3.05, 3.63) is 36.5 Å². The Morgan fingerprint density at radius 2 is 1.74 bits per heavy atom. The molecule has 0 saturated heterocycles. The first-order valence-electron chi connectivity index (χ1n) is 7.06. The molecule has 0 aliphatic rings. The van der Waals surface area contributed by atoms with E-state index in [0.29, 0.717) is 0 Å². The van der Waals surface area contributed by atoms with Gasteiger partial charge in [0.25, 0.3) is 0 Å². The van der Waals surface area contributed by atoms with E-state index in [1.54, 1.807) is 0 Å². The Kier molecular flexibility index (Phi) is 8.23. The summed E-state index contributed by atoms with van der Waals surface area (Å²) in [6.45, 7) is 6.33. The predicted octanol–water partition coefficient (Wildman–Crippen LogP) is 4.97. The Morgan fingerprint density at radius 1 is 1.11 bits per heavy atom. The summed E-state index contributed by atoms with van der Waals surface area (Å²) < 4.78 is 0. The van der Waals surface area contributed by atoms with E-state index in [4.69, 9.17) is 0 Å². The quantitative estimate of drug-likeness (QED) is 0.591. The second-order valence-corrected chi connectivity index (χ2v) is 5.85. The molecule has 0 aliphatic heterocycles. The molecule has 0 bridgehead atoms. The molecule has 0 atom stereocenters. The summed E-state index contributed by atoms with van der Waals surface area (Å²) in [6.07, 6.45) is 4.88. The van der Waals surface area contributed by atoms with Crippen molar-refractivity contribution in [1.82, 2.24) is 0 Å². The zero-order chi connectivity index (χ0) is 13.9. The standard InChI is InChI=1S/C16H26N2S/c1-4-5-12-19-13-6-7-14(2)18-16-10-8-15(17-3)9-11-16/h8-11,17-18H,2,4-7,12-13H2,1,3H3. The lowest BCUT2D eigenvalue weighted by Gasteiger charge is -2.10. The minimum absolute atomic E-state index is 1.05. The number of benzene rings is 1. The number of thioether (sulfide) groups is 1. The molecule has 0 aromatic heterocycles. The van der Waals surface area contributed by atoms with E-state index in [2.05, 4.69) is 60.2 Å². The maximum atomic E-state index is 4.09. The number of hydrogen-bond donors (Lipinski definition) is 2. The summed E-state index contributed by atoms with van der Waals surface area (Å²) in [4.78, 5) is 0. The van der Waals surface area contributed by atoms with Crippen LogP contribution in [0.1, 0.15) is 32.6 Å². The molecule has 2 N–H and O–H groups in total. The molecular formula is C16H26N2S. The predicted molar refractivity (Wildman–Crippen MR) is 90.2 cm³/mol. The van der Waals surface area contributed by atoms with Crippen molar-refractivity contribution >= 4 is 23.1 Å². The van der Waals surface area contributed by atoms with Crippen LogP contribution in [0.5, 0.6) is 0 Å². The zero-order valence-corrected chi connectivity index (χ0v) is 13.0. The molecular weight excluding hydrogens is 252 g/mol. The third-order valence-corrected chi connectivity index (χ3v) is 4.06. The molecule has 0 unspecified atom stereocenters. The summed E-state index contributed by atoms with van der Waals surface area (Å²) in [5.41, 5.74) is 3.35. The van der Waals surface area contributed by atoms with Crippen LogP contribution >= 0.6 is 11.8 Å². The van der Waals surface area contributed by atoms with Crippen molar-refractivity contribution in [3.63, 3.8) is 0 Å². The number of nitrogens with one attached hydrogen (secondary N) is 2. The van der Waals surface area contributed by atoms with Crippen LogP contribution in [0.3, 0.4) is 0 Å². The number of unbranched alkanes of at least 4 members (excludes halogenated alkanes) is 1. The zero-order valence-electron chi connectivity index (χ0n) is 12.2. The minimum atomic E-state index is 1.05. The maximum Gasteiger partial charge on any atom is 0.0383 e.